The number of halogens is 1. The minimum Gasteiger partial charge on any atom is -0.237 e. The van der Waals surface area contributed by atoms with Crippen LogP contribution in [0.4, 0.5) is 0 Å². The van der Waals surface area contributed by atoms with E-state index in [9.17, 15) is 0 Å². The molecule has 2 heterocycles. The van der Waals surface area contributed by atoms with Crippen molar-refractivity contribution in [1.82, 2.24) is 14.8 Å². The summed E-state index contributed by atoms with van der Waals surface area (Å²) >= 11 is 5.88. The fourth-order valence-electron chi connectivity index (χ4n) is 1.79. The lowest BCUT2D eigenvalue weighted by Crippen LogP contribution is -2.02. The Morgan fingerprint density at radius 1 is 1.38 bits per heavy atom. The Balaban J connectivity index is 2.00. The number of alkyl halides is 1. The lowest BCUT2D eigenvalue weighted by molar-refractivity contribution is 0.805. The van der Waals surface area contributed by atoms with Crippen molar-refractivity contribution in [2.24, 2.45) is 0 Å². The molecule has 0 amide bonds. The van der Waals surface area contributed by atoms with Gasteiger partial charge >= 0.3 is 0 Å². The van der Waals surface area contributed by atoms with Crippen molar-refractivity contribution in [1.29, 1.82) is 0 Å². The lowest BCUT2D eigenvalue weighted by Gasteiger charge is -2.04. The highest BCUT2D eigenvalue weighted by Crippen LogP contribution is 2.39. The van der Waals surface area contributed by atoms with Gasteiger partial charge in [0.2, 0.25) is 0 Å². The second kappa shape index (κ2) is 3.91. The number of rotatable bonds is 3. The fourth-order valence-corrected chi connectivity index (χ4v) is 2.00. The van der Waals surface area contributed by atoms with Gasteiger partial charge in [0.15, 0.2) is 5.82 Å². The lowest BCUT2D eigenvalue weighted by atomic mass is 10.3. The maximum absolute atomic E-state index is 5.88. The third-order valence-corrected chi connectivity index (χ3v) is 3.12. The van der Waals surface area contributed by atoms with Crippen LogP contribution in [0.1, 0.15) is 30.0 Å². The summed E-state index contributed by atoms with van der Waals surface area (Å²) in [5, 5.41) is 4.55. The monoisotopic (exact) mass is 233 g/mol. The summed E-state index contributed by atoms with van der Waals surface area (Å²) < 4.78 is 1.82. The van der Waals surface area contributed by atoms with E-state index in [2.05, 4.69) is 16.1 Å². The summed E-state index contributed by atoms with van der Waals surface area (Å²) in [6.07, 6.45) is 6.26. The normalized spacial score (nSPS) is 15.3. The highest BCUT2D eigenvalue weighted by molar-refractivity contribution is 6.17. The summed E-state index contributed by atoms with van der Waals surface area (Å²) in [7, 11) is 0. The molecule has 0 atom stereocenters. The molecule has 4 heteroatoms. The van der Waals surface area contributed by atoms with Gasteiger partial charge in [0.25, 0.3) is 0 Å². The van der Waals surface area contributed by atoms with Gasteiger partial charge in [-0.25, -0.2) is 9.67 Å². The average molecular weight is 234 g/mol. The zero-order valence-electron chi connectivity index (χ0n) is 8.81. The van der Waals surface area contributed by atoms with E-state index in [-0.39, 0.29) is 0 Å². The third kappa shape index (κ3) is 1.71. The van der Waals surface area contributed by atoms with Crippen LogP contribution in [0, 0.1) is 0 Å². The van der Waals surface area contributed by atoms with Gasteiger partial charge in [-0.05, 0) is 25.0 Å². The highest BCUT2D eigenvalue weighted by Gasteiger charge is 2.26. The molecule has 2 aromatic rings. The zero-order chi connectivity index (χ0) is 11.0. The molecule has 16 heavy (non-hydrogen) atoms. The number of nitrogens with zero attached hydrogens (tertiary/aromatic N) is 3. The van der Waals surface area contributed by atoms with Crippen LogP contribution in [-0.4, -0.2) is 14.8 Å². The molecule has 0 aromatic carbocycles. The minimum atomic E-state index is 0.460. The van der Waals surface area contributed by atoms with Crippen LogP contribution in [0.15, 0.2) is 30.6 Å². The van der Waals surface area contributed by atoms with Gasteiger partial charge in [0.1, 0.15) is 0 Å². The fraction of sp³-hybridized carbons (Fsp3) is 0.333. The van der Waals surface area contributed by atoms with Crippen LogP contribution in [0.3, 0.4) is 0 Å². The van der Waals surface area contributed by atoms with Gasteiger partial charge in [-0.1, -0.05) is 6.07 Å². The number of hydrogen-bond acceptors (Lipinski definition) is 2. The predicted octanol–water partition coefficient (Wildman–Crippen LogP) is 2.88. The Labute approximate surface area is 99.1 Å². The van der Waals surface area contributed by atoms with Gasteiger partial charge in [-0.15, -0.1) is 11.6 Å². The minimum absolute atomic E-state index is 0.460. The molecule has 0 saturated heterocycles. The first-order chi connectivity index (χ1) is 7.88. The van der Waals surface area contributed by atoms with Crippen LogP contribution in [0.25, 0.3) is 5.82 Å². The van der Waals surface area contributed by atoms with Crippen LogP contribution in [-0.2, 0) is 5.88 Å². The Hall–Kier alpha value is -1.35. The molecule has 3 rings (SSSR count). The molecule has 0 spiro atoms. The summed E-state index contributed by atoms with van der Waals surface area (Å²) in [6, 6.07) is 5.95. The maximum atomic E-state index is 5.88. The predicted molar refractivity (Wildman–Crippen MR) is 62.9 cm³/mol. The topological polar surface area (TPSA) is 30.7 Å². The maximum Gasteiger partial charge on any atom is 0.157 e. The van der Waals surface area contributed by atoms with E-state index >= 15 is 0 Å². The van der Waals surface area contributed by atoms with E-state index in [0.29, 0.717) is 11.8 Å². The molecule has 1 fully saturated rings. The average Bonchev–Trinajstić information content (AvgIpc) is 3.07. The number of pyridine rings is 1. The molecule has 1 saturated carbocycles. The molecule has 0 bridgehead atoms. The summed E-state index contributed by atoms with van der Waals surface area (Å²) in [5.74, 6) is 1.97. The first kappa shape index (κ1) is 9.85. The van der Waals surface area contributed by atoms with Crippen LogP contribution in [0.2, 0.25) is 0 Å². The van der Waals surface area contributed by atoms with Crippen molar-refractivity contribution in [2.75, 3.05) is 0 Å². The zero-order valence-corrected chi connectivity index (χ0v) is 9.56. The first-order valence-corrected chi connectivity index (χ1v) is 5.98. The Morgan fingerprint density at radius 3 is 3.00 bits per heavy atom. The molecular weight excluding hydrogens is 222 g/mol. The quantitative estimate of drug-likeness (QED) is 0.764. The number of hydrogen-bond donors (Lipinski definition) is 0. The summed E-state index contributed by atoms with van der Waals surface area (Å²) in [5.41, 5.74) is 2.18. The SMILES string of the molecule is ClCc1cccnc1-n1ccc(C2CC2)n1. The van der Waals surface area contributed by atoms with E-state index in [4.69, 9.17) is 11.6 Å². The van der Waals surface area contributed by atoms with Crippen LogP contribution in [0.5, 0.6) is 0 Å². The molecule has 3 nitrogen and oxygen atoms in total. The third-order valence-electron chi connectivity index (χ3n) is 2.83. The van der Waals surface area contributed by atoms with Crippen molar-refractivity contribution in [3.8, 4) is 5.82 Å². The Morgan fingerprint density at radius 2 is 2.25 bits per heavy atom. The molecule has 0 N–H and O–H groups in total. The van der Waals surface area contributed by atoms with Crippen molar-refractivity contribution in [3.63, 3.8) is 0 Å². The standard InChI is InChI=1S/C12H12ClN3/c13-8-10-2-1-6-14-12(10)16-7-5-11(15-16)9-3-4-9/h1-2,5-7,9H,3-4,8H2. The van der Waals surface area contributed by atoms with E-state index in [1.165, 1.54) is 18.5 Å². The molecule has 1 aliphatic carbocycles. The molecule has 82 valence electrons. The summed E-state index contributed by atoms with van der Waals surface area (Å²) in [4.78, 5) is 4.33. The summed E-state index contributed by atoms with van der Waals surface area (Å²) in [6.45, 7) is 0. The van der Waals surface area contributed by atoms with Gasteiger partial charge in [0, 0.05) is 23.9 Å². The van der Waals surface area contributed by atoms with Gasteiger partial charge in [-0.3, -0.25) is 0 Å². The van der Waals surface area contributed by atoms with E-state index in [0.717, 1.165) is 11.4 Å². The second-order valence-corrected chi connectivity index (χ2v) is 4.35. The Bertz CT molecular complexity index is 502. The van der Waals surface area contributed by atoms with Crippen LogP contribution >= 0.6 is 11.6 Å². The second-order valence-electron chi connectivity index (χ2n) is 4.08. The number of aromatic nitrogens is 3. The van der Waals surface area contributed by atoms with Crippen molar-refractivity contribution in [3.05, 3.63) is 41.9 Å². The largest absolute Gasteiger partial charge is 0.237 e. The highest BCUT2D eigenvalue weighted by atomic mass is 35.5. The molecule has 1 aliphatic rings. The van der Waals surface area contributed by atoms with E-state index in [1.807, 2.05) is 23.0 Å². The molecule has 0 radical (unpaired) electrons. The van der Waals surface area contributed by atoms with Crippen molar-refractivity contribution >= 4 is 11.6 Å². The molecule has 0 unspecified atom stereocenters. The van der Waals surface area contributed by atoms with E-state index < -0.39 is 0 Å². The molecular formula is C12H12ClN3. The van der Waals surface area contributed by atoms with Crippen LogP contribution < -0.4 is 0 Å². The first-order valence-electron chi connectivity index (χ1n) is 5.44. The van der Waals surface area contributed by atoms with Gasteiger partial charge in [-0.2, -0.15) is 5.10 Å². The smallest absolute Gasteiger partial charge is 0.157 e. The molecule has 2 aromatic heterocycles. The van der Waals surface area contributed by atoms with Crippen molar-refractivity contribution < 1.29 is 0 Å². The van der Waals surface area contributed by atoms with E-state index in [1.54, 1.807) is 6.20 Å². The molecule has 0 aliphatic heterocycles. The Kier molecular flexibility index (Phi) is 2.40. The van der Waals surface area contributed by atoms with Gasteiger partial charge < -0.3 is 0 Å². The van der Waals surface area contributed by atoms with Gasteiger partial charge in [0.05, 0.1) is 11.6 Å². The van der Waals surface area contributed by atoms with Crippen molar-refractivity contribution in [2.45, 2.75) is 24.6 Å².